The molecule has 0 spiro atoms. The average Bonchev–Trinajstić information content (AvgIpc) is 3.12. The largest absolute Gasteiger partial charge is 0.370 e. The van der Waals surface area contributed by atoms with Crippen LogP contribution >= 0.6 is 11.3 Å². The fraction of sp³-hybridized carbons (Fsp3) is 0.385. The van der Waals surface area contributed by atoms with Crippen LogP contribution in [0.2, 0.25) is 0 Å². The molecule has 1 N–H and O–H groups in total. The molecule has 0 saturated carbocycles. The number of nitrogens with one attached hydrogen (secondary N) is 1. The number of thiophene rings is 1. The molecule has 1 aliphatic heterocycles. The van der Waals surface area contributed by atoms with Crippen molar-refractivity contribution in [2.45, 2.75) is 65.7 Å². The van der Waals surface area contributed by atoms with Crippen LogP contribution in [-0.2, 0) is 35.5 Å². The van der Waals surface area contributed by atoms with Gasteiger partial charge in [0.2, 0.25) is 5.91 Å². The third-order valence-corrected chi connectivity index (χ3v) is 7.18. The van der Waals surface area contributed by atoms with Gasteiger partial charge in [-0.25, -0.2) is 9.97 Å². The Morgan fingerprint density at radius 3 is 2.85 bits per heavy atom. The number of pyridine rings is 1. The second kappa shape index (κ2) is 8.60. The molecule has 0 atom stereocenters. The minimum absolute atomic E-state index is 0.0781. The van der Waals surface area contributed by atoms with E-state index in [4.69, 9.17) is 14.7 Å². The lowest BCUT2D eigenvalue weighted by Gasteiger charge is -2.30. The van der Waals surface area contributed by atoms with E-state index < -0.39 is 0 Å². The van der Waals surface area contributed by atoms with Crippen LogP contribution in [0, 0.1) is 6.92 Å². The number of hydrogen-bond acceptors (Lipinski definition) is 6. The van der Waals surface area contributed by atoms with Gasteiger partial charge in [0.15, 0.2) is 0 Å². The van der Waals surface area contributed by atoms with Gasteiger partial charge in [-0.15, -0.1) is 11.3 Å². The van der Waals surface area contributed by atoms with E-state index >= 15 is 0 Å². The van der Waals surface area contributed by atoms with Gasteiger partial charge in [0.05, 0.1) is 23.4 Å². The van der Waals surface area contributed by atoms with Crippen LogP contribution in [0.4, 0.5) is 5.69 Å². The molecule has 0 unspecified atom stereocenters. The number of ether oxygens (including phenoxy) is 1. The molecule has 5 rings (SSSR count). The molecule has 7 nitrogen and oxygen atoms in total. The molecular formula is C26H28N4O3S. The topological polar surface area (TPSA) is 86.1 Å². The van der Waals surface area contributed by atoms with Gasteiger partial charge in [0, 0.05) is 29.5 Å². The van der Waals surface area contributed by atoms with Gasteiger partial charge in [-0.2, -0.15) is 0 Å². The quantitative estimate of drug-likeness (QED) is 0.449. The molecule has 0 saturated heterocycles. The van der Waals surface area contributed by atoms with Crippen molar-refractivity contribution >= 4 is 43.4 Å². The van der Waals surface area contributed by atoms with E-state index in [1.165, 1.54) is 15.9 Å². The standard InChI is InChI=1S/C26H28N4O3S/c1-5-7-20-29-22-18-11-16-14-33-26(3,4)12-19(16)28-24(18)34-23(22)25(32)30(20)13-21(31)27-17-9-6-8-15(2)10-17/h6,8-11H,5,7,12-14H2,1-4H3,(H,27,31). The van der Waals surface area contributed by atoms with E-state index in [0.29, 0.717) is 34.8 Å². The van der Waals surface area contributed by atoms with Crippen LogP contribution in [0.3, 0.4) is 0 Å². The summed E-state index contributed by atoms with van der Waals surface area (Å²) in [6.45, 7) is 8.55. The highest BCUT2D eigenvalue weighted by Gasteiger charge is 2.28. The smallest absolute Gasteiger partial charge is 0.272 e. The molecular weight excluding hydrogens is 448 g/mol. The van der Waals surface area contributed by atoms with Crippen molar-refractivity contribution in [1.82, 2.24) is 14.5 Å². The third kappa shape index (κ3) is 4.23. The second-order valence-electron chi connectivity index (χ2n) is 9.54. The summed E-state index contributed by atoms with van der Waals surface area (Å²) in [4.78, 5) is 37.0. The van der Waals surface area contributed by atoms with Gasteiger partial charge in [0.1, 0.15) is 21.9 Å². The second-order valence-corrected chi connectivity index (χ2v) is 10.5. The van der Waals surface area contributed by atoms with Crippen molar-refractivity contribution in [3.8, 4) is 0 Å². The van der Waals surface area contributed by atoms with E-state index in [1.807, 2.05) is 38.1 Å². The zero-order valence-electron chi connectivity index (χ0n) is 19.9. The van der Waals surface area contributed by atoms with Crippen LogP contribution in [0.1, 0.15) is 49.8 Å². The number of aromatic nitrogens is 3. The van der Waals surface area contributed by atoms with E-state index in [-0.39, 0.29) is 23.6 Å². The fourth-order valence-corrected chi connectivity index (χ4v) is 5.49. The highest BCUT2D eigenvalue weighted by molar-refractivity contribution is 7.25. The summed E-state index contributed by atoms with van der Waals surface area (Å²) in [5.74, 6) is 0.370. The molecule has 176 valence electrons. The van der Waals surface area contributed by atoms with Crippen molar-refractivity contribution in [2.75, 3.05) is 5.32 Å². The van der Waals surface area contributed by atoms with Crippen molar-refractivity contribution in [2.24, 2.45) is 0 Å². The number of carbonyl (C=O) groups excluding carboxylic acids is 1. The number of amides is 1. The monoisotopic (exact) mass is 476 g/mol. The summed E-state index contributed by atoms with van der Waals surface area (Å²) in [5, 5.41) is 3.78. The Balaban J connectivity index is 1.57. The van der Waals surface area contributed by atoms with Gasteiger partial charge in [-0.05, 0) is 51.0 Å². The number of nitrogens with zero attached hydrogens (tertiary/aromatic N) is 3. The number of anilines is 1. The molecule has 34 heavy (non-hydrogen) atoms. The predicted octanol–water partition coefficient (Wildman–Crippen LogP) is 4.76. The Morgan fingerprint density at radius 1 is 1.26 bits per heavy atom. The van der Waals surface area contributed by atoms with Crippen molar-refractivity contribution < 1.29 is 9.53 Å². The average molecular weight is 477 g/mol. The lowest BCUT2D eigenvalue weighted by molar-refractivity contribution is -0.116. The lowest BCUT2D eigenvalue weighted by atomic mass is 9.95. The normalized spacial score (nSPS) is 14.9. The Labute approximate surface area is 201 Å². The third-order valence-electron chi connectivity index (χ3n) is 6.11. The number of hydrogen-bond donors (Lipinski definition) is 1. The molecule has 4 aromatic rings. The van der Waals surface area contributed by atoms with Crippen LogP contribution in [0.25, 0.3) is 20.4 Å². The first-order valence-electron chi connectivity index (χ1n) is 11.6. The predicted molar refractivity (Wildman–Crippen MR) is 136 cm³/mol. The Hall–Kier alpha value is -3.10. The maximum atomic E-state index is 13.6. The molecule has 0 radical (unpaired) electrons. The zero-order chi connectivity index (χ0) is 24.0. The summed E-state index contributed by atoms with van der Waals surface area (Å²) >= 11 is 1.36. The van der Waals surface area contributed by atoms with Crippen LogP contribution in [0.5, 0.6) is 0 Å². The maximum Gasteiger partial charge on any atom is 0.272 e. The molecule has 1 aliphatic rings. The first-order valence-corrected chi connectivity index (χ1v) is 12.4. The Kier molecular flexibility index (Phi) is 5.73. The molecule has 0 aliphatic carbocycles. The number of rotatable bonds is 5. The minimum atomic E-state index is -0.256. The molecule has 3 aromatic heterocycles. The van der Waals surface area contributed by atoms with Gasteiger partial charge in [-0.1, -0.05) is 19.1 Å². The summed E-state index contributed by atoms with van der Waals surface area (Å²) in [6, 6.07) is 9.68. The van der Waals surface area contributed by atoms with Crippen molar-refractivity contribution in [3.63, 3.8) is 0 Å². The number of carbonyl (C=O) groups is 1. The molecule has 0 fully saturated rings. The summed E-state index contributed by atoms with van der Waals surface area (Å²) in [6.07, 6.45) is 2.15. The van der Waals surface area contributed by atoms with Crippen LogP contribution in [-0.4, -0.2) is 26.0 Å². The summed E-state index contributed by atoms with van der Waals surface area (Å²) in [5.41, 5.74) is 4.06. The van der Waals surface area contributed by atoms with E-state index in [1.54, 1.807) is 0 Å². The number of fused-ring (bicyclic) bond motifs is 4. The number of aryl methyl sites for hydroxylation is 2. The molecule has 8 heteroatoms. The molecule has 1 amide bonds. The highest BCUT2D eigenvalue weighted by atomic mass is 32.1. The Morgan fingerprint density at radius 2 is 2.09 bits per heavy atom. The SMILES string of the molecule is CCCc1nc2c(sc3nc4c(cc32)COC(C)(C)C4)c(=O)n1CC(=O)Nc1cccc(C)c1. The summed E-state index contributed by atoms with van der Waals surface area (Å²) < 4.78 is 8.01. The van der Waals surface area contributed by atoms with Gasteiger partial charge in [0.25, 0.3) is 5.56 Å². The minimum Gasteiger partial charge on any atom is -0.370 e. The highest BCUT2D eigenvalue weighted by Crippen LogP contribution is 2.35. The zero-order valence-corrected chi connectivity index (χ0v) is 20.7. The van der Waals surface area contributed by atoms with Crippen LogP contribution < -0.4 is 10.9 Å². The van der Waals surface area contributed by atoms with Crippen molar-refractivity contribution in [1.29, 1.82) is 0 Å². The first kappa shape index (κ1) is 22.7. The number of benzene rings is 1. The lowest BCUT2D eigenvalue weighted by Crippen LogP contribution is -2.32. The van der Waals surface area contributed by atoms with Gasteiger partial charge < -0.3 is 10.1 Å². The fourth-order valence-electron chi connectivity index (χ4n) is 4.42. The van der Waals surface area contributed by atoms with Gasteiger partial charge in [-0.3, -0.25) is 14.2 Å². The first-order chi connectivity index (χ1) is 16.2. The van der Waals surface area contributed by atoms with Crippen LogP contribution in [0.15, 0.2) is 35.1 Å². The molecule has 4 heterocycles. The summed E-state index contributed by atoms with van der Waals surface area (Å²) in [7, 11) is 0. The van der Waals surface area contributed by atoms with Crippen molar-refractivity contribution in [3.05, 3.63) is 63.3 Å². The Bertz CT molecular complexity index is 1490. The maximum absolute atomic E-state index is 13.6. The molecule has 1 aromatic carbocycles. The molecule has 0 bridgehead atoms. The van der Waals surface area contributed by atoms with E-state index in [2.05, 4.69) is 25.2 Å². The van der Waals surface area contributed by atoms with Gasteiger partial charge >= 0.3 is 0 Å². The van der Waals surface area contributed by atoms with E-state index in [9.17, 15) is 9.59 Å². The van der Waals surface area contributed by atoms with E-state index in [0.717, 1.165) is 39.9 Å².